The molecule has 0 saturated heterocycles. The molecule has 0 aliphatic rings. The molecule has 2 aromatic carbocycles. The molecule has 0 aromatic heterocycles. The fourth-order valence-corrected chi connectivity index (χ4v) is 2.44. The van der Waals surface area contributed by atoms with Crippen molar-refractivity contribution in [2.75, 3.05) is 26.9 Å². The van der Waals surface area contributed by atoms with Gasteiger partial charge in [-0.15, -0.1) is 0 Å². The van der Waals surface area contributed by atoms with Crippen molar-refractivity contribution in [3.8, 4) is 11.5 Å². The molecule has 2 aromatic rings. The summed E-state index contributed by atoms with van der Waals surface area (Å²) in [6.45, 7) is 4.86. The molecule has 2 rings (SSSR count). The molecule has 5 heteroatoms. The van der Waals surface area contributed by atoms with Gasteiger partial charge in [-0.25, -0.2) is 4.79 Å². The molecule has 0 N–H and O–H groups in total. The Hall–Kier alpha value is -2.95. The van der Waals surface area contributed by atoms with E-state index in [1.807, 2.05) is 55.5 Å². The summed E-state index contributed by atoms with van der Waals surface area (Å²) in [5.41, 5.74) is 2.00. The highest BCUT2D eigenvalue weighted by molar-refractivity contribution is 5.91. The molecule has 0 fully saturated rings. The number of esters is 1. The first-order valence-electron chi connectivity index (χ1n) is 9.03. The first-order chi connectivity index (χ1) is 13.2. The lowest BCUT2D eigenvalue weighted by molar-refractivity contribution is -0.142. The van der Waals surface area contributed by atoms with Gasteiger partial charge in [0.05, 0.1) is 26.9 Å². The summed E-state index contributed by atoms with van der Waals surface area (Å²) in [6, 6.07) is 15.4. The maximum atomic E-state index is 11.9. The summed E-state index contributed by atoms with van der Waals surface area (Å²) in [7, 11) is 1.66. The Balaban J connectivity index is 1.93. The zero-order valence-electron chi connectivity index (χ0n) is 16.1. The molecule has 0 atom stereocenters. The van der Waals surface area contributed by atoms with Gasteiger partial charge in [0.2, 0.25) is 5.76 Å². The van der Waals surface area contributed by atoms with Crippen molar-refractivity contribution in [2.45, 2.75) is 20.3 Å². The Morgan fingerprint density at radius 1 is 0.963 bits per heavy atom. The van der Waals surface area contributed by atoms with Crippen LogP contribution in [0.1, 0.15) is 25.0 Å². The molecule has 0 spiro atoms. The van der Waals surface area contributed by atoms with Gasteiger partial charge in [-0.05, 0) is 55.3 Å². The fraction of sp³-hybridized carbons (Fsp3) is 0.318. The highest BCUT2D eigenvalue weighted by Gasteiger charge is 2.11. The fourth-order valence-electron chi connectivity index (χ4n) is 2.44. The van der Waals surface area contributed by atoms with Crippen molar-refractivity contribution < 1.29 is 23.7 Å². The van der Waals surface area contributed by atoms with Gasteiger partial charge in [0.25, 0.3) is 0 Å². The summed E-state index contributed by atoms with van der Waals surface area (Å²) in [4.78, 5) is 11.9. The Morgan fingerprint density at radius 3 is 2.37 bits per heavy atom. The van der Waals surface area contributed by atoms with Crippen LogP contribution < -0.4 is 9.47 Å². The van der Waals surface area contributed by atoms with Gasteiger partial charge in [-0.1, -0.05) is 24.3 Å². The molecule has 0 aliphatic carbocycles. The summed E-state index contributed by atoms with van der Waals surface area (Å²) >= 11 is 0. The number of hydrogen-bond donors (Lipinski definition) is 0. The molecule has 0 heterocycles. The number of carbonyl (C=O) groups excluding carboxylic acids is 1. The van der Waals surface area contributed by atoms with Gasteiger partial charge in [0.15, 0.2) is 0 Å². The van der Waals surface area contributed by atoms with Gasteiger partial charge in [0, 0.05) is 6.42 Å². The maximum Gasteiger partial charge on any atom is 0.373 e. The Morgan fingerprint density at radius 2 is 1.70 bits per heavy atom. The van der Waals surface area contributed by atoms with E-state index >= 15 is 0 Å². The second-order valence-electron chi connectivity index (χ2n) is 5.68. The minimum atomic E-state index is -0.460. The molecule has 0 radical (unpaired) electrons. The van der Waals surface area contributed by atoms with Crippen molar-refractivity contribution >= 4 is 12.0 Å². The average Bonchev–Trinajstić information content (AvgIpc) is 2.69. The second kappa shape index (κ2) is 10.9. The molecule has 144 valence electrons. The van der Waals surface area contributed by atoms with Crippen molar-refractivity contribution in [2.24, 2.45) is 0 Å². The van der Waals surface area contributed by atoms with E-state index in [4.69, 9.17) is 18.9 Å². The Labute approximate surface area is 160 Å². The number of rotatable bonds is 10. The maximum absolute atomic E-state index is 11.9. The van der Waals surface area contributed by atoms with Crippen LogP contribution in [0.5, 0.6) is 11.5 Å². The number of carbonyl (C=O) groups is 1. The molecule has 0 saturated carbocycles. The SMILES string of the molecule is CCOC(=O)/C(=C/c1ccc(OCCc2cccc(OC)c2)cc1)OCC. The van der Waals surface area contributed by atoms with Crippen LogP contribution in [-0.4, -0.2) is 32.9 Å². The Kier molecular flexibility index (Phi) is 8.23. The van der Waals surface area contributed by atoms with Crippen LogP contribution in [0.4, 0.5) is 0 Å². The topological polar surface area (TPSA) is 54.0 Å². The summed E-state index contributed by atoms with van der Waals surface area (Å²) in [5, 5.41) is 0. The predicted molar refractivity (Wildman–Crippen MR) is 105 cm³/mol. The van der Waals surface area contributed by atoms with Crippen LogP contribution in [0.3, 0.4) is 0 Å². The Bertz CT molecular complexity index is 750. The third kappa shape index (κ3) is 6.70. The van der Waals surface area contributed by atoms with E-state index in [2.05, 4.69) is 0 Å². The molecule has 0 amide bonds. The zero-order chi connectivity index (χ0) is 19.5. The third-order valence-electron chi connectivity index (χ3n) is 3.75. The molecular weight excluding hydrogens is 344 g/mol. The van der Waals surface area contributed by atoms with Crippen LogP contribution in [0.15, 0.2) is 54.3 Å². The predicted octanol–water partition coefficient (Wildman–Crippen LogP) is 4.26. The highest BCUT2D eigenvalue weighted by Crippen LogP contribution is 2.17. The van der Waals surface area contributed by atoms with E-state index in [1.54, 1.807) is 20.1 Å². The molecule has 0 bridgehead atoms. The first kappa shape index (κ1) is 20.4. The zero-order valence-corrected chi connectivity index (χ0v) is 16.1. The summed E-state index contributed by atoms with van der Waals surface area (Å²) in [5.74, 6) is 1.35. The second-order valence-corrected chi connectivity index (χ2v) is 5.68. The van der Waals surface area contributed by atoms with Gasteiger partial charge in [-0.3, -0.25) is 0 Å². The van der Waals surface area contributed by atoms with Crippen LogP contribution in [0, 0.1) is 0 Å². The van der Waals surface area contributed by atoms with Crippen molar-refractivity contribution in [1.29, 1.82) is 0 Å². The van der Waals surface area contributed by atoms with Crippen LogP contribution in [-0.2, 0) is 20.7 Å². The number of methoxy groups -OCH3 is 1. The summed E-state index contributed by atoms with van der Waals surface area (Å²) in [6.07, 6.45) is 2.46. The van der Waals surface area contributed by atoms with Crippen LogP contribution >= 0.6 is 0 Å². The van der Waals surface area contributed by atoms with Crippen molar-refractivity contribution in [3.05, 3.63) is 65.4 Å². The van der Waals surface area contributed by atoms with E-state index in [0.29, 0.717) is 19.8 Å². The number of benzene rings is 2. The van der Waals surface area contributed by atoms with Crippen LogP contribution in [0.2, 0.25) is 0 Å². The molecule has 0 unspecified atom stereocenters. The minimum Gasteiger partial charge on any atom is -0.497 e. The van der Waals surface area contributed by atoms with E-state index < -0.39 is 5.97 Å². The molecular formula is C22H26O5. The highest BCUT2D eigenvalue weighted by atomic mass is 16.6. The monoisotopic (exact) mass is 370 g/mol. The van der Waals surface area contributed by atoms with E-state index in [-0.39, 0.29) is 5.76 Å². The largest absolute Gasteiger partial charge is 0.497 e. The molecule has 0 aliphatic heterocycles. The third-order valence-corrected chi connectivity index (χ3v) is 3.75. The smallest absolute Gasteiger partial charge is 0.373 e. The standard InChI is InChI=1S/C22H26O5/c1-4-25-21(22(23)26-5-2)16-18-9-11-19(12-10-18)27-14-13-17-7-6-8-20(15-17)24-3/h6-12,15-16H,4-5,13-14H2,1-3H3/b21-16-. The number of ether oxygens (including phenoxy) is 4. The van der Waals surface area contributed by atoms with Gasteiger partial charge in [0.1, 0.15) is 11.5 Å². The van der Waals surface area contributed by atoms with Gasteiger partial charge >= 0.3 is 5.97 Å². The average molecular weight is 370 g/mol. The van der Waals surface area contributed by atoms with Gasteiger partial charge in [-0.2, -0.15) is 0 Å². The number of hydrogen-bond acceptors (Lipinski definition) is 5. The first-order valence-corrected chi connectivity index (χ1v) is 9.03. The molecule has 27 heavy (non-hydrogen) atoms. The van der Waals surface area contributed by atoms with E-state index in [9.17, 15) is 4.79 Å². The van der Waals surface area contributed by atoms with E-state index in [1.165, 1.54) is 0 Å². The lowest BCUT2D eigenvalue weighted by atomic mass is 10.1. The lowest BCUT2D eigenvalue weighted by Crippen LogP contribution is -2.10. The van der Waals surface area contributed by atoms with Crippen LogP contribution in [0.25, 0.3) is 6.08 Å². The van der Waals surface area contributed by atoms with Crippen molar-refractivity contribution in [1.82, 2.24) is 0 Å². The summed E-state index contributed by atoms with van der Waals surface area (Å²) < 4.78 is 21.4. The van der Waals surface area contributed by atoms with E-state index in [0.717, 1.165) is 29.0 Å². The minimum absolute atomic E-state index is 0.200. The molecule has 5 nitrogen and oxygen atoms in total. The van der Waals surface area contributed by atoms with Crippen molar-refractivity contribution in [3.63, 3.8) is 0 Å². The van der Waals surface area contributed by atoms with Gasteiger partial charge < -0.3 is 18.9 Å². The quantitative estimate of drug-likeness (QED) is 0.355. The lowest BCUT2D eigenvalue weighted by Gasteiger charge is -2.09. The normalized spacial score (nSPS) is 11.0.